The van der Waals surface area contributed by atoms with Crippen LogP contribution in [0.1, 0.15) is 11.1 Å². The van der Waals surface area contributed by atoms with E-state index in [1.165, 1.54) is 12.1 Å². The average Bonchev–Trinajstić information content (AvgIpc) is 2.98. The van der Waals surface area contributed by atoms with E-state index in [4.69, 9.17) is 0 Å². The number of aryl methyl sites for hydroxylation is 1. The van der Waals surface area contributed by atoms with Crippen molar-refractivity contribution in [1.82, 2.24) is 4.57 Å². The maximum Gasteiger partial charge on any atom is 0.299 e. The van der Waals surface area contributed by atoms with Crippen LogP contribution in [0.25, 0.3) is 10.9 Å². The van der Waals surface area contributed by atoms with Gasteiger partial charge >= 0.3 is 0 Å². The molecule has 1 aromatic heterocycles. The van der Waals surface area contributed by atoms with Crippen LogP contribution in [0.5, 0.6) is 5.88 Å². The van der Waals surface area contributed by atoms with Gasteiger partial charge in [-0.25, -0.2) is 0 Å². The fourth-order valence-corrected chi connectivity index (χ4v) is 3.98. The Hall–Kier alpha value is -3.45. The SMILES string of the molecule is Cc1ccc2c(c1)c(N=NS(=O)(=O)c1ccccc1)c(O)n2Cc1ccccc1. The number of fused-ring (bicyclic) bond motifs is 1. The second-order valence-corrected chi connectivity index (χ2v) is 8.32. The molecule has 0 atom stereocenters. The molecule has 0 radical (unpaired) electrons. The van der Waals surface area contributed by atoms with E-state index in [1.54, 1.807) is 22.8 Å². The van der Waals surface area contributed by atoms with Gasteiger partial charge in [0.25, 0.3) is 10.0 Å². The molecule has 1 heterocycles. The van der Waals surface area contributed by atoms with Crippen molar-refractivity contribution in [2.75, 3.05) is 0 Å². The molecule has 0 saturated carbocycles. The Labute approximate surface area is 168 Å². The van der Waals surface area contributed by atoms with Crippen LogP contribution in [0.4, 0.5) is 5.69 Å². The highest BCUT2D eigenvalue weighted by Gasteiger charge is 2.19. The van der Waals surface area contributed by atoms with Gasteiger partial charge in [-0.05, 0) is 36.8 Å². The van der Waals surface area contributed by atoms with Gasteiger partial charge in [0.15, 0.2) is 5.69 Å². The molecule has 146 valence electrons. The summed E-state index contributed by atoms with van der Waals surface area (Å²) in [4.78, 5) is 0.0486. The minimum Gasteiger partial charge on any atom is -0.493 e. The van der Waals surface area contributed by atoms with E-state index in [0.29, 0.717) is 11.9 Å². The topological polar surface area (TPSA) is 84.0 Å². The highest BCUT2D eigenvalue weighted by atomic mass is 32.2. The Balaban J connectivity index is 1.82. The van der Waals surface area contributed by atoms with Crippen molar-refractivity contribution < 1.29 is 13.5 Å². The maximum atomic E-state index is 12.5. The molecule has 0 saturated heterocycles. The van der Waals surface area contributed by atoms with Crippen LogP contribution < -0.4 is 0 Å². The van der Waals surface area contributed by atoms with E-state index in [1.807, 2.05) is 55.5 Å². The molecule has 0 aliphatic rings. The van der Waals surface area contributed by atoms with Crippen molar-refractivity contribution in [2.45, 2.75) is 18.4 Å². The number of aromatic hydroxyl groups is 1. The molecule has 4 rings (SSSR count). The van der Waals surface area contributed by atoms with E-state index in [2.05, 4.69) is 9.63 Å². The normalized spacial score (nSPS) is 12.0. The molecule has 0 fully saturated rings. The molecule has 0 spiro atoms. The third kappa shape index (κ3) is 3.77. The second kappa shape index (κ2) is 7.52. The van der Waals surface area contributed by atoms with Gasteiger partial charge in [0.1, 0.15) is 0 Å². The van der Waals surface area contributed by atoms with Crippen molar-refractivity contribution in [1.29, 1.82) is 0 Å². The third-order valence-corrected chi connectivity index (χ3v) is 5.80. The van der Waals surface area contributed by atoms with Gasteiger partial charge in [0, 0.05) is 5.39 Å². The molecule has 29 heavy (non-hydrogen) atoms. The largest absolute Gasteiger partial charge is 0.493 e. The summed E-state index contributed by atoms with van der Waals surface area (Å²) in [5.41, 5.74) is 2.86. The first-order valence-electron chi connectivity index (χ1n) is 9.04. The molecule has 0 unspecified atom stereocenters. The lowest BCUT2D eigenvalue weighted by Gasteiger charge is -2.07. The maximum absolute atomic E-state index is 12.5. The molecule has 0 bridgehead atoms. The van der Waals surface area contributed by atoms with Crippen LogP contribution in [-0.4, -0.2) is 18.1 Å². The Morgan fingerprint density at radius 2 is 1.59 bits per heavy atom. The number of hydrogen-bond donors (Lipinski definition) is 1. The zero-order valence-electron chi connectivity index (χ0n) is 15.7. The Morgan fingerprint density at radius 1 is 0.931 bits per heavy atom. The van der Waals surface area contributed by atoms with Crippen LogP contribution in [0, 0.1) is 6.92 Å². The van der Waals surface area contributed by atoms with Crippen LogP contribution in [0.3, 0.4) is 0 Å². The van der Waals surface area contributed by atoms with Gasteiger partial charge < -0.3 is 9.67 Å². The van der Waals surface area contributed by atoms with Crippen LogP contribution in [0.15, 0.2) is 93.4 Å². The van der Waals surface area contributed by atoms with Crippen molar-refractivity contribution in [2.24, 2.45) is 9.63 Å². The number of sulfonamides is 1. The number of nitrogens with zero attached hydrogens (tertiary/aromatic N) is 3. The fraction of sp³-hybridized carbons (Fsp3) is 0.0909. The van der Waals surface area contributed by atoms with E-state index in [9.17, 15) is 13.5 Å². The molecular formula is C22H19N3O3S. The molecule has 3 aromatic carbocycles. The Morgan fingerprint density at radius 3 is 2.28 bits per heavy atom. The first kappa shape index (κ1) is 18.9. The van der Waals surface area contributed by atoms with Gasteiger partial charge in [-0.1, -0.05) is 64.7 Å². The summed E-state index contributed by atoms with van der Waals surface area (Å²) in [7, 11) is -3.97. The molecule has 6 nitrogen and oxygen atoms in total. The van der Waals surface area contributed by atoms with Gasteiger partial charge in [-0.2, -0.15) is 8.42 Å². The first-order valence-corrected chi connectivity index (χ1v) is 10.5. The summed E-state index contributed by atoms with van der Waals surface area (Å²) in [5.74, 6) is -0.124. The van der Waals surface area contributed by atoms with Crippen molar-refractivity contribution in [3.05, 3.63) is 90.0 Å². The predicted octanol–water partition coefficient (Wildman–Crippen LogP) is 5.18. The summed E-state index contributed by atoms with van der Waals surface area (Å²) in [5, 5.41) is 15.4. The van der Waals surface area contributed by atoms with Gasteiger partial charge in [0.05, 0.1) is 17.0 Å². The van der Waals surface area contributed by atoms with Crippen molar-refractivity contribution in [3.8, 4) is 5.88 Å². The van der Waals surface area contributed by atoms with Gasteiger partial charge in [-0.15, -0.1) is 5.11 Å². The molecule has 1 N–H and O–H groups in total. The molecular weight excluding hydrogens is 386 g/mol. The monoisotopic (exact) mass is 405 g/mol. The van der Waals surface area contributed by atoms with Crippen LogP contribution in [-0.2, 0) is 16.6 Å². The first-order chi connectivity index (χ1) is 14.0. The van der Waals surface area contributed by atoms with E-state index in [0.717, 1.165) is 16.6 Å². The molecule has 0 aliphatic heterocycles. The summed E-state index contributed by atoms with van der Waals surface area (Å²) in [6.07, 6.45) is 0. The average molecular weight is 405 g/mol. The minimum absolute atomic E-state index is 0.0486. The standard InChI is InChI=1S/C22H19N3O3S/c1-16-12-13-20-19(14-16)21(22(26)25(20)15-17-8-4-2-5-9-17)23-24-29(27,28)18-10-6-3-7-11-18/h2-14,26H,15H2,1H3. The highest BCUT2D eigenvalue weighted by Crippen LogP contribution is 2.40. The van der Waals surface area contributed by atoms with Gasteiger partial charge in [0.2, 0.25) is 5.88 Å². The highest BCUT2D eigenvalue weighted by molar-refractivity contribution is 7.90. The lowest BCUT2D eigenvalue weighted by atomic mass is 10.1. The summed E-state index contributed by atoms with van der Waals surface area (Å²) in [6.45, 7) is 2.35. The van der Waals surface area contributed by atoms with Crippen LogP contribution in [0.2, 0.25) is 0 Å². The quantitative estimate of drug-likeness (QED) is 0.465. The second-order valence-electron chi connectivity index (χ2n) is 6.73. The third-order valence-electron chi connectivity index (χ3n) is 4.64. The lowest BCUT2D eigenvalue weighted by molar-refractivity contribution is 0.429. The van der Waals surface area contributed by atoms with E-state index < -0.39 is 10.0 Å². The Kier molecular flexibility index (Phi) is 4.90. The molecule has 0 amide bonds. The fourth-order valence-electron chi connectivity index (χ4n) is 3.20. The lowest BCUT2D eigenvalue weighted by Crippen LogP contribution is -1.98. The van der Waals surface area contributed by atoms with Crippen molar-refractivity contribution >= 4 is 26.6 Å². The predicted molar refractivity (Wildman–Crippen MR) is 112 cm³/mol. The zero-order chi connectivity index (χ0) is 20.4. The summed E-state index contributed by atoms with van der Waals surface area (Å²) in [6, 6.07) is 23.3. The molecule has 7 heteroatoms. The van der Waals surface area contributed by atoms with Crippen LogP contribution >= 0.6 is 0 Å². The minimum atomic E-state index is -3.97. The number of aromatic nitrogens is 1. The van der Waals surface area contributed by atoms with Crippen molar-refractivity contribution in [3.63, 3.8) is 0 Å². The summed E-state index contributed by atoms with van der Waals surface area (Å²) >= 11 is 0. The van der Waals surface area contributed by atoms with E-state index >= 15 is 0 Å². The number of benzene rings is 3. The summed E-state index contributed by atoms with van der Waals surface area (Å²) < 4.78 is 30.2. The zero-order valence-corrected chi connectivity index (χ0v) is 16.5. The van der Waals surface area contributed by atoms with E-state index in [-0.39, 0.29) is 16.5 Å². The number of hydrogen-bond acceptors (Lipinski definition) is 4. The smallest absolute Gasteiger partial charge is 0.299 e. The van der Waals surface area contributed by atoms with Gasteiger partial charge in [-0.3, -0.25) is 0 Å². The molecule has 0 aliphatic carbocycles. The molecule has 4 aromatic rings. The number of rotatable bonds is 5. The Bertz CT molecular complexity index is 1300.